The Morgan fingerprint density at radius 1 is 1.41 bits per heavy atom. The van der Waals surface area contributed by atoms with E-state index in [4.69, 9.17) is 9.72 Å². The smallest absolute Gasteiger partial charge is 0.410 e. The first-order valence-corrected chi connectivity index (χ1v) is 8.14. The van der Waals surface area contributed by atoms with Crippen molar-refractivity contribution in [1.29, 1.82) is 0 Å². The minimum Gasteiger partial charge on any atom is -0.444 e. The van der Waals surface area contributed by atoms with Crippen LogP contribution in [0.3, 0.4) is 0 Å². The lowest BCUT2D eigenvalue weighted by atomic mass is 10.0. The molecule has 0 unspecified atom stereocenters. The molecule has 1 amide bonds. The lowest BCUT2D eigenvalue weighted by Crippen LogP contribution is -2.35. The standard InChI is InChI=1S/C17H25N3O2/c1-17(2,3)22-16(21)20-10-8-13(11-20)14-7-6-12-5-4-9-18-15(12)19-14/h6-7,13H,4-5,8-11H2,1-3H3,(H,18,19)/t13-/m0/s1. The lowest BCUT2D eigenvalue weighted by Gasteiger charge is -2.24. The molecule has 1 aromatic heterocycles. The number of carbonyl (C=O) groups excluding carboxylic acids is 1. The summed E-state index contributed by atoms with van der Waals surface area (Å²) in [6, 6.07) is 4.30. The maximum absolute atomic E-state index is 12.1. The maximum Gasteiger partial charge on any atom is 0.410 e. The van der Waals surface area contributed by atoms with E-state index in [1.807, 2.05) is 20.8 Å². The average molecular weight is 303 g/mol. The van der Waals surface area contributed by atoms with Crippen molar-refractivity contribution in [2.24, 2.45) is 0 Å². The van der Waals surface area contributed by atoms with Crippen molar-refractivity contribution < 1.29 is 9.53 Å². The van der Waals surface area contributed by atoms with Gasteiger partial charge in [-0.3, -0.25) is 0 Å². The first-order chi connectivity index (χ1) is 10.4. The number of aromatic nitrogens is 1. The van der Waals surface area contributed by atoms with Crippen LogP contribution in [0.1, 0.15) is 50.8 Å². The minimum absolute atomic E-state index is 0.217. The highest BCUT2D eigenvalue weighted by Crippen LogP contribution is 2.30. The predicted molar refractivity (Wildman–Crippen MR) is 86.2 cm³/mol. The fraction of sp³-hybridized carbons (Fsp3) is 0.647. The van der Waals surface area contributed by atoms with E-state index in [0.29, 0.717) is 12.5 Å². The number of nitrogens with one attached hydrogen (secondary N) is 1. The zero-order valence-electron chi connectivity index (χ0n) is 13.7. The van der Waals surface area contributed by atoms with Crippen molar-refractivity contribution in [3.8, 4) is 0 Å². The van der Waals surface area contributed by atoms with Crippen LogP contribution in [-0.4, -0.2) is 41.2 Å². The van der Waals surface area contributed by atoms with Gasteiger partial charge in [-0.05, 0) is 51.7 Å². The molecule has 3 heterocycles. The van der Waals surface area contributed by atoms with E-state index < -0.39 is 5.60 Å². The fourth-order valence-corrected chi connectivity index (χ4v) is 3.06. The Bertz CT molecular complexity index is 566. The second-order valence-electron chi connectivity index (χ2n) is 7.19. The first-order valence-electron chi connectivity index (χ1n) is 8.14. The Kier molecular flexibility index (Phi) is 3.98. The molecule has 0 aromatic carbocycles. The van der Waals surface area contributed by atoms with Gasteiger partial charge in [-0.2, -0.15) is 0 Å². The average Bonchev–Trinajstić information content (AvgIpc) is 2.95. The van der Waals surface area contributed by atoms with Gasteiger partial charge < -0.3 is 15.0 Å². The van der Waals surface area contributed by atoms with Gasteiger partial charge in [-0.15, -0.1) is 0 Å². The zero-order valence-corrected chi connectivity index (χ0v) is 13.7. The summed E-state index contributed by atoms with van der Waals surface area (Å²) in [5.41, 5.74) is 1.94. The molecule has 1 saturated heterocycles. The van der Waals surface area contributed by atoms with E-state index >= 15 is 0 Å². The molecule has 1 N–H and O–H groups in total. The normalized spacial score (nSPS) is 21.2. The molecule has 2 aliphatic rings. The molecule has 22 heavy (non-hydrogen) atoms. The van der Waals surface area contributed by atoms with Gasteiger partial charge in [0.25, 0.3) is 0 Å². The third kappa shape index (κ3) is 3.34. The number of amides is 1. The Balaban J connectivity index is 1.66. The van der Waals surface area contributed by atoms with Gasteiger partial charge in [-0.1, -0.05) is 6.07 Å². The van der Waals surface area contributed by atoms with Gasteiger partial charge in [0.2, 0.25) is 0 Å². The predicted octanol–water partition coefficient (Wildman–Crippen LogP) is 3.16. The summed E-state index contributed by atoms with van der Waals surface area (Å²) in [6.45, 7) is 8.13. The molecule has 1 atom stereocenters. The summed E-state index contributed by atoms with van der Waals surface area (Å²) in [4.78, 5) is 18.7. The van der Waals surface area contributed by atoms with Gasteiger partial charge in [-0.25, -0.2) is 9.78 Å². The Labute approximate surface area is 132 Å². The van der Waals surface area contributed by atoms with Gasteiger partial charge in [0, 0.05) is 31.2 Å². The molecular formula is C17H25N3O2. The Morgan fingerprint density at radius 2 is 2.23 bits per heavy atom. The number of hydrogen-bond acceptors (Lipinski definition) is 4. The number of carbonyl (C=O) groups is 1. The van der Waals surface area contributed by atoms with Gasteiger partial charge in [0.05, 0.1) is 0 Å². The number of nitrogens with zero attached hydrogens (tertiary/aromatic N) is 2. The number of anilines is 1. The van der Waals surface area contributed by atoms with Crippen LogP contribution in [0.15, 0.2) is 12.1 Å². The van der Waals surface area contributed by atoms with Gasteiger partial charge in [0.1, 0.15) is 11.4 Å². The van der Waals surface area contributed by atoms with Crippen molar-refractivity contribution in [2.45, 2.75) is 51.6 Å². The first kappa shape index (κ1) is 15.1. The summed E-state index contributed by atoms with van der Waals surface area (Å²) in [5.74, 6) is 1.33. The largest absolute Gasteiger partial charge is 0.444 e. The topological polar surface area (TPSA) is 54.5 Å². The minimum atomic E-state index is -0.441. The third-order valence-corrected chi connectivity index (χ3v) is 4.17. The number of aryl methyl sites for hydroxylation is 1. The second-order valence-corrected chi connectivity index (χ2v) is 7.19. The van der Waals surface area contributed by atoms with Crippen LogP contribution in [-0.2, 0) is 11.2 Å². The molecule has 0 spiro atoms. The Morgan fingerprint density at radius 3 is 3.00 bits per heavy atom. The van der Waals surface area contributed by atoms with E-state index in [1.54, 1.807) is 4.90 Å². The molecule has 0 radical (unpaired) electrons. The van der Waals surface area contributed by atoms with Gasteiger partial charge in [0.15, 0.2) is 0 Å². The van der Waals surface area contributed by atoms with Gasteiger partial charge >= 0.3 is 6.09 Å². The molecule has 120 valence electrons. The summed E-state index contributed by atoms with van der Waals surface area (Å²) >= 11 is 0. The molecule has 5 heteroatoms. The quantitative estimate of drug-likeness (QED) is 0.866. The summed E-state index contributed by atoms with van der Waals surface area (Å²) in [7, 11) is 0. The van der Waals surface area contributed by atoms with Crippen molar-refractivity contribution in [1.82, 2.24) is 9.88 Å². The summed E-state index contributed by atoms with van der Waals surface area (Å²) in [5, 5.41) is 3.38. The Hall–Kier alpha value is -1.78. The van der Waals surface area contributed by atoms with E-state index in [1.165, 1.54) is 12.0 Å². The van der Waals surface area contributed by atoms with E-state index in [0.717, 1.165) is 37.4 Å². The van der Waals surface area contributed by atoms with E-state index in [2.05, 4.69) is 17.4 Å². The van der Waals surface area contributed by atoms with Crippen LogP contribution in [0, 0.1) is 0 Å². The fourth-order valence-electron chi connectivity index (χ4n) is 3.06. The van der Waals surface area contributed by atoms with Crippen molar-refractivity contribution in [2.75, 3.05) is 25.0 Å². The number of likely N-dealkylation sites (tertiary alicyclic amines) is 1. The molecule has 0 bridgehead atoms. The van der Waals surface area contributed by atoms with Crippen molar-refractivity contribution >= 4 is 11.9 Å². The number of fused-ring (bicyclic) bond motifs is 1. The molecule has 1 fully saturated rings. The van der Waals surface area contributed by atoms with E-state index in [9.17, 15) is 4.79 Å². The third-order valence-electron chi connectivity index (χ3n) is 4.17. The molecular weight excluding hydrogens is 278 g/mol. The highest BCUT2D eigenvalue weighted by atomic mass is 16.6. The maximum atomic E-state index is 12.1. The molecule has 1 aromatic rings. The lowest BCUT2D eigenvalue weighted by molar-refractivity contribution is 0.0292. The number of pyridine rings is 1. The summed E-state index contributed by atoms with van der Waals surface area (Å²) < 4.78 is 5.45. The van der Waals surface area contributed by atoms with Crippen LogP contribution in [0.2, 0.25) is 0 Å². The monoisotopic (exact) mass is 303 g/mol. The number of rotatable bonds is 1. The van der Waals surface area contributed by atoms with Crippen LogP contribution < -0.4 is 5.32 Å². The summed E-state index contributed by atoms with van der Waals surface area (Å²) in [6.07, 6.45) is 3.00. The molecule has 0 saturated carbocycles. The SMILES string of the molecule is CC(C)(C)OC(=O)N1CC[C@H](c2ccc3c(n2)NCCC3)C1. The molecule has 5 nitrogen and oxygen atoms in total. The van der Waals surface area contributed by atoms with Crippen LogP contribution in [0.25, 0.3) is 0 Å². The molecule has 2 aliphatic heterocycles. The van der Waals surface area contributed by atoms with E-state index in [-0.39, 0.29) is 6.09 Å². The van der Waals surface area contributed by atoms with Crippen LogP contribution in [0.4, 0.5) is 10.6 Å². The number of ether oxygens (including phenoxy) is 1. The van der Waals surface area contributed by atoms with Crippen molar-refractivity contribution in [3.05, 3.63) is 23.4 Å². The number of hydrogen-bond donors (Lipinski definition) is 1. The zero-order chi connectivity index (χ0) is 15.7. The molecule has 0 aliphatic carbocycles. The highest BCUT2D eigenvalue weighted by molar-refractivity contribution is 5.68. The molecule has 3 rings (SSSR count). The van der Waals surface area contributed by atoms with Crippen LogP contribution in [0.5, 0.6) is 0 Å². The van der Waals surface area contributed by atoms with Crippen LogP contribution >= 0.6 is 0 Å². The second kappa shape index (κ2) is 5.78. The van der Waals surface area contributed by atoms with Crippen molar-refractivity contribution in [3.63, 3.8) is 0 Å². The highest BCUT2D eigenvalue weighted by Gasteiger charge is 2.31.